The van der Waals surface area contributed by atoms with Crippen molar-refractivity contribution in [2.45, 2.75) is 43.6 Å². The summed E-state index contributed by atoms with van der Waals surface area (Å²) in [5.41, 5.74) is 1.99. The van der Waals surface area contributed by atoms with Crippen molar-refractivity contribution in [1.29, 1.82) is 0 Å². The number of amides is 2. The smallest absolute Gasteiger partial charge is 0.247 e. The fourth-order valence-electron chi connectivity index (χ4n) is 5.16. The van der Waals surface area contributed by atoms with Gasteiger partial charge >= 0.3 is 0 Å². The molecule has 9 heteroatoms. The number of carbonyl (C=O) groups is 2. The summed E-state index contributed by atoms with van der Waals surface area (Å²) >= 11 is 0. The number of benzene rings is 2. The van der Waals surface area contributed by atoms with Crippen molar-refractivity contribution in [3.8, 4) is 17.2 Å². The first-order chi connectivity index (χ1) is 18.0. The van der Waals surface area contributed by atoms with E-state index in [9.17, 15) is 19.8 Å². The molecule has 2 aromatic rings. The fourth-order valence-corrected chi connectivity index (χ4v) is 5.16. The number of aliphatic hydroxyl groups is 2. The molecule has 2 amide bonds. The standard InChI is InChI=1S/C28H30N2O7/c1-2-3-8-24(32)30(15-17-9-10-22-23(13-17)36-16-35-22)20-14-19(28(34)29-11-12-31)25-18-6-4-5-7-21(18)37-27(25)26(20)33/h2,4-7,9-10,13-14,20,25-27,31,33H,1,3,8,11-12,15-16H2,(H,29,34). The monoisotopic (exact) mass is 506 g/mol. The first-order valence-electron chi connectivity index (χ1n) is 12.3. The minimum atomic E-state index is -1.09. The second kappa shape index (κ2) is 10.7. The predicted molar refractivity (Wildman–Crippen MR) is 134 cm³/mol. The summed E-state index contributed by atoms with van der Waals surface area (Å²) in [5, 5.41) is 23.5. The predicted octanol–water partition coefficient (Wildman–Crippen LogP) is 2.03. The van der Waals surface area contributed by atoms with Crippen LogP contribution in [0.25, 0.3) is 0 Å². The lowest BCUT2D eigenvalue weighted by molar-refractivity contribution is -0.138. The van der Waals surface area contributed by atoms with Gasteiger partial charge in [0.25, 0.3) is 0 Å². The average Bonchev–Trinajstić information content (AvgIpc) is 3.54. The number of nitrogens with one attached hydrogen (secondary N) is 1. The highest BCUT2D eigenvalue weighted by molar-refractivity contribution is 5.96. The van der Waals surface area contributed by atoms with E-state index in [2.05, 4.69) is 11.9 Å². The van der Waals surface area contributed by atoms with Gasteiger partial charge in [0.05, 0.1) is 18.6 Å². The maximum absolute atomic E-state index is 13.5. The number of para-hydroxylation sites is 1. The van der Waals surface area contributed by atoms with E-state index in [4.69, 9.17) is 14.2 Å². The van der Waals surface area contributed by atoms with Crippen molar-refractivity contribution in [3.63, 3.8) is 0 Å². The Bertz CT molecular complexity index is 1230. The van der Waals surface area contributed by atoms with Crippen LogP contribution < -0.4 is 19.5 Å². The second-order valence-electron chi connectivity index (χ2n) is 9.22. The van der Waals surface area contributed by atoms with Crippen molar-refractivity contribution in [2.24, 2.45) is 0 Å². The van der Waals surface area contributed by atoms with Crippen LogP contribution in [0.4, 0.5) is 0 Å². The van der Waals surface area contributed by atoms with Gasteiger partial charge in [-0.2, -0.15) is 0 Å². The molecule has 0 aromatic heterocycles. The molecule has 3 N–H and O–H groups in total. The number of aliphatic hydroxyl groups excluding tert-OH is 2. The van der Waals surface area contributed by atoms with Crippen LogP contribution in [-0.4, -0.2) is 65.1 Å². The average molecular weight is 507 g/mol. The molecule has 4 atom stereocenters. The summed E-state index contributed by atoms with van der Waals surface area (Å²) in [5.74, 6) is 0.753. The van der Waals surface area contributed by atoms with E-state index in [1.807, 2.05) is 30.3 Å². The van der Waals surface area contributed by atoms with E-state index in [0.29, 0.717) is 29.2 Å². The first kappa shape index (κ1) is 24.9. The van der Waals surface area contributed by atoms with Crippen LogP contribution in [-0.2, 0) is 16.1 Å². The van der Waals surface area contributed by atoms with E-state index in [1.165, 1.54) is 0 Å². The summed E-state index contributed by atoms with van der Waals surface area (Å²) in [6.45, 7) is 3.92. The number of allylic oxidation sites excluding steroid dienone is 1. The van der Waals surface area contributed by atoms with Crippen LogP contribution in [0.2, 0.25) is 0 Å². The van der Waals surface area contributed by atoms with Crippen LogP contribution in [0.1, 0.15) is 29.9 Å². The van der Waals surface area contributed by atoms with Gasteiger partial charge in [-0.25, -0.2) is 0 Å². The third-order valence-corrected chi connectivity index (χ3v) is 6.91. The van der Waals surface area contributed by atoms with Gasteiger partial charge in [-0.15, -0.1) is 6.58 Å². The van der Waals surface area contributed by atoms with Crippen LogP contribution >= 0.6 is 0 Å². The van der Waals surface area contributed by atoms with Gasteiger partial charge in [-0.1, -0.05) is 30.3 Å². The first-order valence-corrected chi connectivity index (χ1v) is 12.3. The molecule has 5 rings (SSSR count). The summed E-state index contributed by atoms with van der Waals surface area (Å²) in [6, 6.07) is 12.0. The number of fused-ring (bicyclic) bond motifs is 4. The summed E-state index contributed by atoms with van der Waals surface area (Å²) < 4.78 is 17.0. The van der Waals surface area contributed by atoms with E-state index in [-0.39, 0.29) is 44.7 Å². The van der Waals surface area contributed by atoms with Gasteiger partial charge in [-0.05, 0) is 36.3 Å². The van der Waals surface area contributed by atoms with E-state index in [0.717, 1.165) is 11.1 Å². The Kier molecular flexibility index (Phi) is 7.16. The second-order valence-corrected chi connectivity index (χ2v) is 9.22. The van der Waals surface area contributed by atoms with Crippen LogP contribution in [0.3, 0.4) is 0 Å². The molecule has 2 aromatic carbocycles. The van der Waals surface area contributed by atoms with Gasteiger partial charge in [0.2, 0.25) is 18.6 Å². The molecular weight excluding hydrogens is 476 g/mol. The Balaban J connectivity index is 1.53. The zero-order chi connectivity index (χ0) is 25.9. The topological polar surface area (TPSA) is 118 Å². The number of ether oxygens (including phenoxy) is 3. The Morgan fingerprint density at radius 2 is 1.95 bits per heavy atom. The number of hydrogen-bond acceptors (Lipinski definition) is 7. The summed E-state index contributed by atoms with van der Waals surface area (Å²) in [6.07, 6.45) is 2.17. The third kappa shape index (κ3) is 4.80. The molecule has 4 unspecified atom stereocenters. The van der Waals surface area contributed by atoms with Crippen molar-refractivity contribution in [1.82, 2.24) is 10.2 Å². The number of rotatable bonds is 9. The quantitative estimate of drug-likeness (QED) is 0.446. The SMILES string of the molecule is C=CCCC(=O)N(Cc1ccc2c(c1)OCO2)C1C=C(C(=O)NCCO)C2c3ccccc3OC2C1O. The zero-order valence-corrected chi connectivity index (χ0v) is 20.3. The highest BCUT2D eigenvalue weighted by Gasteiger charge is 2.50. The maximum atomic E-state index is 13.5. The number of nitrogens with zero attached hydrogens (tertiary/aromatic N) is 1. The molecule has 3 aliphatic rings. The van der Waals surface area contributed by atoms with Crippen LogP contribution in [0.15, 0.2) is 66.8 Å². The molecule has 0 fully saturated rings. The Hall–Kier alpha value is -3.82. The highest BCUT2D eigenvalue weighted by atomic mass is 16.7. The molecule has 0 bridgehead atoms. The Labute approximate surface area is 214 Å². The molecule has 1 aliphatic carbocycles. The number of carbonyl (C=O) groups excluding carboxylic acids is 2. The molecule has 9 nitrogen and oxygen atoms in total. The van der Waals surface area contributed by atoms with Gasteiger partial charge in [-0.3, -0.25) is 9.59 Å². The van der Waals surface area contributed by atoms with E-state index >= 15 is 0 Å². The molecule has 0 saturated heterocycles. The highest BCUT2D eigenvalue weighted by Crippen LogP contribution is 2.47. The third-order valence-electron chi connectivity index (χ3n) is 6.91. The maximum Gasteiger partial charge on any atom is 0.247 e. The molecule has 2 heterocycles. The summed E-state index contributed by atoms with van der Waals surface area (Å²) in [7, 11) is 0. The molecular formula is C28H30N2O7. The molecule has 2 aliphatic heterocycles. The van der Waals surface area contributed by atoms with Crippen molar-refractivity contribution in [2.75, 3.05) is 19.9 Å². The van der Waals surface area contributed by atoms with Gasteiger partial charge < -0.3 is 34.6 Å². The van der Waals surface area contributed by atoms with Crippen molar-refractivity contribution >= 4 is 11.8 Å². The van der Waals surface area contributed by atoms with E-state index in [1.54, 1.807) is 29.2 Å². The molecule has 37 heavy (non-hydrogen) atoms. The van der Waals surface area contributed by atoms with Gasteiger partial charge in [0.15, 0.2) is 11.5 Å². The largest absolute Gasteiger partial charge is 0.486 e. The molecule has 0 radical (unpaired) electrons. The molecule has 0 spiro atoms. The molecule has 0 saturated carbocycles. The van der Waals surface area contributed by atoms with Gasteiger partial charge in [0, 0.05) is 30.6 Å². The lowest BCUT2D eigenvalue weighted by Gasteiger charge is -2.41. The molecule has 194 valence electrons. The van der Waals surface area contributed by atoms with Crippen LogP contribution in [0, 0.1) is 0 Å². The van der Waals surface area contributed by atoms with Gasteiger partial charge in [0.1, 0.15) is 18.0 Å². The minimum absolute atomic E-state index is 0.0858. The summed E-state index contributed by atoms with van der Waals surface area (Å²) in [4.78, 5) is 28.3. The Morgan fingerprint density at radius 3 is 2.76 bits per heavy atom. The lowest BCUT2D eigenvalue weighted by Crippen LogP contribution is -2.55. The van der Waals surface area contributed by atoms with Crippen molar-refractivity contribution in [3.05, 3.63) is 77.9 Å². The van der Waals surface area contributed by atoms with Crippen LogP contribution in [0.5, 0.6) is 17.2 Å². The zero-order valence-electron chi connectivity index (χ0n) is 20.3. The fraction of sp³-hybridized carbons (Fsp3) is 0.357. The minimum Gasteiger partial charge on any atom is -0.486 e. The van der Waals surface area contributed by atoms with E-state index < -0.39 is 24.2 Å². The normalized spacial score (nSPS) is 22.8. The van der Waals surface area contributed by atoms with Crippen molar-refractivity contribution < 1.29 is 34.0 Å². The Morgan fingerprint density at radius 1 is 1.14 bits per heavy atom. The number of hydrogen-bond donors (Lipinski definition) is 3. The lowest BCUT2D eigenvalue weighted by atomic mass is 9.77.